The summed E-state index contributed by atoms with van der Waals surface area (Å²) >= 11 is 0. The molecule has 0 aromatic heterocycles. The Morgan fingerprint density at radius 3 is 2.61 bits per heavy atom. The third-order valence-electron chi connectivity index (χ3n) is 4.01. The van der Waals surface area contributed by atoms with Crippen LogP contribution in [0, 0.1) is 0 Å². The van der Waals surface area contributed by atoms with E-state index in [0.29, 0.717) is 12.6 Å². The van der Waals surface area contributed by atoms with E-state index < -0.39 is 0 Å². The second kappa shape index (κ2) is 5.00. The van der Waals surface area contributed by atoms with Crippen molar-refractivity contribution in [2.75, 3.05) is 6.61 Å². The summed E-state index contributed by atoms with van der Waals surface area (Å²) in [7, 11) is 0. The van der Waals surface area contributed by atoms with Crippen molar-refractivity contribution >= 4 is 0 Å². The minimum absolute atomic E-state index is 0.196. The van der Waals surface area contributed by atoms with Crippen molar-refractivity contribution in [3.8, 4) is 0 Å². The fourth-order valence-corrected chi connectivity index (χ4v) is 2.94. The first-order chi connectivity index (χ1) is 8.76. The number of ether oxygens (including phenoxy) is 2. The number of rotatable bonds is 2. The van der Waals surface area contributed by atoms with Crippen LogP contribution in [0.2, 0.25) is 0 Å². The molecule has 1 saturated heterocycles. The van der Waals surface area contributed by atoms with E-state index in [-0.39, 0.29) is 11.9 Å². The van der Waals surface area contributed by atoms with Gasteiger partial charge >= 0.3 is 0 Å². The maximum Gasteiger partial charge on any atom is 0.169 e. The number of benzene rings is 1. The van der Waals surface area contributed by atoms with Gasteiger partial charge < -0.3 is 15.2 Å². The van der Waals surface area contributed by atoms with Crippen LogP contribution in [0.4, 0.5) is 0 Å². The van der Waals surface area contributed by atoms with Crippen molar-refractivity contribution in [1.82, 2.24) is 0 Å². The molecule has 2 fully saturated rings. The van der Waals surface area contributed by atoms with Gasteiger partial charge in [-0.25, -0.2) is 0 Å². The molecule has 1 aliphatic heterocycles. The predicted molar refractivity (Wildman–Crippen MR) is 70.1 cm³/mol. The Morgan fingerprint density at radius 2 is 1.89 bits per heavy atom. The SMILES string of the molecule is NC1CCC2(CC1)OCC(Cc1ccccc1)O2. The predicted octanol–water partition coefficient (Wildman–Crippen LogP) is 2.24. The summed E-state index contributed by atoms with van der Waals surface area (Å²) in [5.74, 6) is -0.324. The minimum atomic E-state index is -0.324. The van der Waals surface area contributed by atoms with E-state index in [9.17, 15) is 0 Å². The topological polar surface area (TPSA) is 44.5 Å². The summed E-state index contributed by atoms with van der Waals surface area (Å²) in [5.41, 5.74) is 7.25. The van der Waals surface area contributed by atoms with E-state index in [4.69, 9.17) is 15.2 Å². The molecule has 3 heteroatoms. The van der Waals surface area contributed by atoms with Crippen LogP contribution in [0.25, 0.3) is 0 Å². The minimum Gasteiger partial charge on any atom is -0.347 e. The molecular weight excluding hydrogens is 226 g/mol. The van der Waals surface area contributed by atoms with Crippen LogP contribution >= 0.6 is 0 Å². The highest BCUT2D eigenvalue weighted by Crippen LogP contribution is 2.38. The summed E-state index contributed by atoms with van der Waals surface area (Å²) in [6, 6.07) is 10.8. The van der Waals surface area contributed by atoms with Crippen LogP contribution in [0.3, 0.4) is 0 Å². The van der Waals surface area contributed by atoms with E-state index in [1.807, 2.05) is 6.07 Å². The molecule has 1 aromatic rings. The Labute approximate surface area is 108 Å². The zero-order valence-corrected chi connectivity index (χ0v) is 10.7. The van der Waals surface area contributed by atoms with Gasteiger partial charge in [-0.3, -0.25) is 0 Å². The van der Waals surface area contributed by atoms with Gasteiger partial charge in [0.2, 0.25) is 0 Å². The molecule has 0 amide bonds. The van der Waals surface area contributed by atoms with Gasteiger partial charge in [-0.15, -0.1) is 0 Å². The van der Waals surface area contributed by atoms with Crippen LogP contribution in [-0.2, 0) is 15.9 Å². The van der Waals surface area contributed by atoms with Crippen LogP contribution in [0.15, 0.2) is 30.3 Å². The average molecular weight is 247 g/mol. The summed E-state index contributed by atoms with van der Waals surface area (Å²) in [6.07, 6.45) is 5.05. The Bertz CT molecular complexity index is 385. The van der Waals surface area contributed by atoms with Crippen LogP contribution < -0.4 is 5.73 Å². The third-order valence-corrected chi connectivity index (χ3v) is 4.01. The van der Waals surface area contributed by atoms with Gasteiger partial charge in [-0.1, -0.05) is 30.3 Å². The van der Waals surface area contributed by atoms with Gasteiger partial charge in [-0.2, -0.15) is 0 Å². The molecule has 1 saturated carbocycles. The Balaban J connectivity index is 1.58. The fourth-order valence-electron chi connectivity index (χ4n) is 2.94. The lowest BCUT2D eigenvalue weighted by atomic mass is 9.91. The summed E-state index contributed by atoms with van der Waals surface area (Å²) < 4.78 is 12.1. The molecule has 1 aromatic carbocycles. The molecule has 3 rings (SSSR count). The second-order valence-electron chi connectivity index (χ2n) is 5.49. The number of hydrogen-bond acceptors (Lipinski definition) is 3. The standard InChI is InChI=1S/C15H21NO2/c16-13-6-8-15(9-7-13)17-11-14(18-15)10-12-4-2-1-3-5-12/h1-5,13-14H,6-11,16H2. The van der Waals surface area contributed by atoms with Crippen molar-refractivity contribution in [1.29, 1.82) is 0 Å². The van der Waals surface area contributed by atoms with Gasteiger partial charge in [0.15, 0.2) is 5.79 Å². The molecule has 0 bridgehead atoms. The maximum absolute atomic E-state index is 6.16. The molecule has 3 nitrogen and oxygen atoms in total. The normalized spacial score (nSPS) is 36.1. The molecule has 1 unspecified atom stereocenters. The van der Waals surface area contributed by atoms with Gasteiger partial charge in [0.1, 0.15) is 0 Å². The van der Waals surface area contributed by atoms with E-state index in [1.54, 1.807) is 0 Å². The van der Waals surface area contributed by atoms with E-state index >= 15 is 0 Å². The van der Waals surface area contributed by atoms with Crippen molar-refractivity contribution in [2.24, 2.45) is 5.73 Å². The molecular formula is C15H21NO2. The largest absolute Gasteiger partial charge is 0.347 e. The van der Waals surface area contributed by atoms with Gasteiger partial charge in [0, 0.05) is 25.3 Å². The molecule has 2 N–H and O–H groups in total. The van der Waals surface area contributed by atoms with E-state index in [1.165, 1.54) is 5.56 Å². The number of hydrogen-bond donors (Lipinski definition) is 1. The lowest BCUT2D eigenvalue weighted by Crippen LogP contribution is -2.40. The van der Waals surface area contributed by atoms with Crippen molar-refractivity contribution in [3.63, 3.8) is 0 Å². The smallest absolute Gasteiger partial charge is 0.169 e. The summed E-state index contributed by atoms with van der Waals surface area (Å²) in [5, 5.41) is 0. The fraction of sp³-hybridized carbons (Fsp3) is 0.600. The lowest BCUT2D eigenvalue weighted by molar-refractivity contribution is -0.188. The van der Waals surface area contributed by atoms with Crippen LogP contribution in [-0.4, -0.2) is 24.5 Å². The Kier molecular flexibility index (Phi) is 3.37. The third kappa shape index (κ3) is 2.58. The van der Waals surface area contributed by atoms with Crippen LogP contribution in [0.1, 0.15) is 31.2 Å². The first kappa shape index (κ1) is 12.2. The van der Waals surface area contributed by atoms with Gasteiger partial charge in [-0.05, 0) is 18.4 Å². The first-order valence-electron chi connectivity index (χ1n) is 6.87. The van der Waals surface area contributed by atoms with E-state index in [2.05, 4.69) is 24.3 Å². The van der Waals surface area contributed by atoms with Crippen LogP contribution in [0.5, 0.6) is 0 Å². The van der Waals surface area contributed by atoms with Crippen molar-refractivity contribution in [3.05, 3.63) is 35.9 Å². The number of nitrogens with two attached hydrogens (primary N) is 1. The Hall–Kier alpha value is -0.900. The molecule has 98 valence electrons. The molecule has 0 radical (unpaired) electrons. The Morgan fingerprint density at radius 1 is 1.17 bits per heavy atom. The maximum atomic E-state index is 6.16. The van der Waals surface area contributed by atoms with Gasteiger partial charge in [0.05, 0.1) is 12.7 Å². The molecule has 18 heavy (non-hydrogen) atoms. The molecule has 1 heterocycles. The molecule has 1 atom stereocenters. The van der Waals surface area contributed by atoms with Crippen molar-refractivity contribution < 1.29 is 9.47 Å². The van der Waals surface area contributed by atoms with Gasteiger partial charge in [0.25, 0.3) is 0 Å². The highest BCUT2D eigenvalue weighted by atomic mass is 16.7. The summed E-state index contributed by atoms with van der Waals surface area (Å²) in [4.78, 5) is 0. The quantitative estimate of drug-likeness (QED) is 0.871. The second-order valence-corrected chi connectivity index (χ2v) is 5.49. The zero-order valence-electron chi connectivity index (χ0n) is 10.7. The summed E-state index contributed by atoms with van der Waals surface area (Å²) in [6.45, 7) is 0.712. The lowest BCUT2D eigenvalue weighted by Gasteiger charge is -2.34. The zero-order chi connectivity index (χ0) is 12.4. The average Bonchev–Trinajstić information content (AvgIpc) is 2.78. The highest BCUT2D eigenvalue weighted by molar-refractivity contribution is 5.15. The molecule has 2 aliphatic rings. The molecule has 1 aliphatic carbocycles. The van der Waals surface area contributed by atoms with Crippen molar-refractivity contribution in [2.45, 2.75) is 50.0 Å². The highest BCUT2D eigenvalue weighted by Gasteiger charge is 2.43. The van der Waals surface area contributed by atoms with E-state index in [0.717, 1.165) is 32.1 Å². The monoisotopic (exact) mass is 247 g/mol. The molecule has 1 spiro atoms. The first-order valence-corrected chi connectivity index (χ1v) is 6.87.